The van der Waals surface area contributed by atoms with Crippen LogP contribution in [0.25, 0.3) is 17.0 Å². The Kier molecular flexibility index (Phi) is 2.98. The molecular formula is C14H13N3O3. The summed E-state index contributed by atoms with van der Waals surface area (Å²) in [6.45, 7) is 3.76. The Morgan fingerprint density at radius 2 is 2.30 bits per heavy atom. The quantitative estimate of drug-likeness (QED) is 0.684. The van der Waals surface area contributed by atoms with E-state index in [4.69, 9.17) is 9.15 Å². The molecule has 0 spiro atoms. The van der Waals surface area contributed by atoms with Crippen molar-refractivity contribution in [2.45, 2.75) is 13.8 Å². The third-order valence-corrected chi connectivity index (χ3v) is 2.91. The Morgan fingerprint density at radius 3 is 3.10 bits per heavy atom. The van der Waals surface area contributed by atoms with E-state index in [1.807, 2.05) is 24.4 Å². The number of aryl methyl sites for hydroxylation is 1. The molecule has 20 heavy (non-hydrogen) atoms. The molecule has 0 N–H and O–H groups in total. The second-order valence-electron chi connectivity index (χ2n) is 4.24. The van der Waals surface area contributed by atoms with Crippen LogP contribution in [-0.4, -0.2) is 27.2 Å². The van der Waals surface area contributed by atoms with Crippen molar-refractivity contribution in [1.29, 1.82) is 0 Å². The van der Waals surface area contributed by atoms with Crippen molar-refractivity contribution in [2.75, 3.05) is 6.61 Å². The van der Waals surface area contributed by atoms with Gasteiger partial charge in [-0.3, -0.25) is 0 Å². The van der Waals surface area contributed by atoms with Crippen LogP contribution in [0.1, 0.15) is 23.2 Å². The van der Waals surface area contributed by atoms with Crippen molar-refractivity contribution in [3.05, 3.63) is 42.0 Å². The fourth-order valence-electron chi connectivity index (χ4n) is 2.00. The molecular weight excluding hydrogens is 258 g/mol. The molecule has 3 heterocycles. The third kappa shape index (κ3) is 1.95. The lowest BCUT2D eigenvalue weighted by Gasteiger charge is -1.97. The van der Waals surface area contributed by atoms with Gasteiger partial charge in [-0.2, -0.15) is 5.10 Å². The van der Waals surface area contributed by atoms with E-state index in [9.17, 15) is 4.79 Å². The zero-order chi connectivity index (χ0) is 14.1. The molecule has 102 valence electrons. The SMILES string of the molecule is CCOC(=O)c1oc(-c2cnn3ccccc23)nc1C. The van der Waals surface area contributed by atoms with E-state index in [0.29, 0.717) is 18.2 Å². The highest BCUT2D eigenvalue weighted by Gasteiger charge is 2.21. The van der Waals surface area contributed by atoms with E-state index in [1.165, 1.54) is 0 Å². The van der Waals surface area contributed by atoms with Crippen LogP contribution >= 0.6 is 0 Å². The van der Waals surface area contributed by atoms with Crippen molar-refractivity contribution in [3.63, 3.8) is 0 Å². The van der Waals surface area contributed by atoms with E-state index in [0.717, 1.165) is 11.1 Å². The normalized spacial score (nSPS) is 10.9. The fourth-order valence-corrected chi connectivity index (χ4v) is 2.00. The van der Waals surface area contributed by atoms with E-state index < -0.39 is 5.97 Å². The van der Waals surface area contributed by atoms with Crippen molar-refractivity contribution in [3.8, 4) is 11.5 Å². The van der Waals surface area contributed by atoms with Crippen LogP contribution < -0.4 is 0 Å². The summed E-state index contributed by atoms with van der Waals surface area (Å²) in [7, 11) is 0. The minimum atomic E-state index is -0.500. The van der Waals surface area contributed by atoms with Crippen LogP contribution in [0.4, 0.5) is 0 Å². The summed E-state index contributed by atoms with van der Waals surface area (Å²) in [6.07, 6.45) is 3.50. The highest BCUT2D eigenvalue weighted by molar-refractivity contribution is 5.88. The lowest BCUT2D eigenvalue weighted by Crippen LogP contribution is -2.04. The maximum absolute atomic E-state index is 11.7. The molecule has 0 aromatic carbocycles. The summed E-state index contributed by atoms with van der Waals surface area (Å²) >= 11 is 0. The second kappa shape index (κ2) is 4.80. The summed E-state index contributed by atoms with van der Waals surface area (Å²) in [6, 6.07) is 5.70. The van der Waals surface area contributed by atoms with E-state index in [-0.39, 0.29) is 5.76 Å². The van der Waals surface area contributed by atoms with Crippen molar-refractivity contribution in [2.24, 2.45) is 0 Å². The van der Waals surface area contributed by atoms with Gasteiger partial charge >= 0.3 is 5.97 Å². The van der Waals surface area contributed by atoms with E-state index in [2.05, 4.69) is 10.1 Å². The molecule has 0 bridgehead atoms. The Bertz CT molecular complexity index is 773. The molecule has 3 aromatic rings. The average molecular weight is 271 g/mol. The van der Waals surface area contributed by atoms with Gasteiger partial charge in [-0.05, 0) is 26.0 Å². The van der Waals surface area contributed by atoms with Gasteiger partial charge in [-0.25, -0.2) is 14.3 Å². The van der Waals surface area contributed by atoms with Gasteiger partial charge in [0.05, 0.1) is 29.6 Å². The predicted octanol–water partition coefficient (Wildman–Crippen LogP) is 2.47. The highest BCUT2D eigenvalue weighted by Crippen LogP contribution is 2.26. The summed E-state index contributed by atoms with van der Waals surface area (Å²) in [5, 5.41) is 4.22. The molecule has 0 radical (unpaired) electrons. The molecule has 0 unspecified atom stereocenters. The molecule has 0 aliphatic heterocycles. The standard InChI is InChI=1S/C14H13N3O3/c1-3-19-14(18)12-9(2)16-13(20-12)10-8-15-17-7-5-4-6-11(10)17/h4-8H,3H2,1-2H3. The Morgan fingerprint density at radius 1 is 1.45 bits per heavy atom. The Balaban J connectivity index is 2.07. The largest absolute Gasteiger partial charge is 0.460 e. The number of pyridine rings is 1. The number of carbonyl (C=O) groups is 1. The molecule has 6 heteroatoms. The average Bonchev–Trinajstić information content (AvgIpc) is 3.02. The van der Waals surface area contributed by atoms with Crippen LogP contribution in [0.5, 0.6) is 0 Å². The van der Waals surface area contributed by atoms with Crippen LogP contribution in [0, 0.1) is 6.92 Å². The van der Waals surface area contributed by atoms with Crippen LogP contribution in [0.2, 0.25) is 0 Å². The zero-order valence-electron chi connectivity index (χ0n) is 11.2. The summed E-state index contributed by atoms with van der Waals surface area (Å²) in [5.74, 6) is 0.00380. The molecule has 0 fully saturated rings. The maximum atomic E-state index is 11.7. The second-order valence-corrected chi connectivity index (χ2v) is 4.24. The number of oxazole rings is 1. The number of nitrogens with zero attached hydrogens (tertiary/aromatic N) is 3. The molecule has 0 aliphatic carbocycles. The van der Waals surface area contributed by atoms with Crippen LogP contribution in [0.15, 0.2) is 35.0 Å². The molecule has 0 aliphatic rings. The summed E-state index contributed by atoms with van der Waals surface area (Å²) in [4.78, 5) is 16.0. The summed E-state index contributed by atoms with van der Waals surface area (Å²) < 4.78 is 12.2. The van der Waals surface area contributed by atoms with Crippen LogP contribution in [0.3, 0.4) is 0 Å². The number of esters is 1. The van der Waals surface area contributed by atoms with Crippen LogP contribution in [-0.2, 0) is 4.74 Å². The van der Waals surface area contributed by atoms with Gasteiger partial charge < -0.3 is 9.15 Å². The van der Waals surface area contributed by atoms with Crippen molar-refractivity contribution in [1.82, 2.24) is 14.6 Å². The third-order valence-electron chi connectivity index (χ3n) is 2.91. The number of ether oxygens (including phenoxy) is 1. The minimum Gasteiger partial charge on any atom is -0.460 e. The first-order chi connectivity index (χ1) is 9.70. The minimum absolute atomic E-state index is 0.136. The maximum Gasteiger partial charge on any atom is 0.376 e. The monoisotopic (exact) mass is 271 g/mol. The molecule has 0 saturated heterocycles. The van der Waals surface area contributed by atoms with Gasteiger partial charge in [0.15, 0.2) is 0 Å². The zero-order valence-corrected chi connectivity index (χ0v) is 11.2. The molecule has 0 saturated carbocycles. The summed E-state index contributed by atoms with van der Waals surface area (Å²) in [5.41, 5.74) is 2.11. The number of hydrogen-bond acceptors (Lipinski definition) is 5. The number of carbonyl (C=O) groups excluding carboxylic acids is 1. The first kappa shape index (κ1) is 12.4. The Hall–Kier alpha value is -2.63. The number of fused-ring (bicyclic) bond motifs is 1. The molecule has 3 aromatic heterocycles. The van der Waals surface area contributed by atoms with Gasteiger partial charge in [0, 0.05) is 6.20 Å². The first-order valence-corrected chi connectivity index (χ1v) is 6.28. The fraction of sp³-hybridized carbons (Fsp3) is 0.214. The van der Waals surface area contributed by atoms with Gasteiger partial charge in [-0.15, -0.1) is 0 Å². The van der Waals surface area contributed by atoms with Gasteiger partial charge in [0.2, 0.25) is 11.7 Å². The molecule has 6 nitrogen and oxygen atoms in total. The number of aromatic nitrogens is 3. The predicted molar refractivity (Wildman–Crippen MR) is 71.4 cm³/mol. The molecule has 0 atom stereocenters. The first-order valence-electron chi connectivity index (χ1n) is 6.28. The lowest BCUT2D eigenvalue weighted by atomic mass is 10.2. The smallest absolute Gasteiger partial charge is 0.376 e. The van der Waals surface area contributed by atoms with Crippen molar-refractivity contribution >= 4 is 11.5 Å². The van der Waals surface area contributed by atoms with Gasteiger partial charge in [0.25, 0.3) is 0 Å². The molecule has 0 amide bonds. The van der Waals surface area contributed by atoms with E-state index in [1.54, 1.807) is 24.6 Å². The molecule has 3 rings (SSSR count). The van der Waals surface area contributed by atoms with Crippen molar-refractivity contribution < 1.29 is 13.9 Å². The lowest BCUT2D eigenvalue weighted by molar-refractivity contribution is 0.0490. The van der Waals surface area contributed by atoms with Gasteiger partial charge in [-0.1, -0.05) is 6.07 Å². The highest BCUT2D eigenvalue weighted by atomic mass is 16.5. The van der Waals surface area contributed by atoms with E-state index >= 15 is 0 Å². The number of hydrogen-bond donors (Lipinski definition) is 0. The van der Waals surface area contributed by atoms with Gasteiger partial charge in [0.1, 0.15) is 0 Å². The number of rotatable bonds is 3. The Labute approximate surface area is 115 Å². The topological polar surface area (TPSA) is 69.6 Å².